The first kappa shape index (κ1) is 31.9. The van der Waals surface area contributed by atoms with Gasteiger partial charge in [0.05, 0.1) is 21.8 Å². The lowest BCUT2D eigenvalue weighted by atomic mass is 9.95. The van der Waals surface area contributed by atoms with Crippen molar-refractivity contribution >= 4 is 38.6 Å². The molecule has 0 aliphatic carbocycles. The fourth-order valence-corrected chi connectivity index (χ4v) is 5.93. The van der Waals surface area contributed by atoms with Gasteiger partial charge >= 0.3 is 12.4 Å². The summed E-state index contributed by atoms with van der Waals surface area (Å²) in [7, 11) is -0.679. The Hall–Kier alpha value is -2.59. The third-order valence-corrected chi connectivity index (χ3v) is 8.04. The largest absolute Gasteiger partial charge is 0.416 e. The van der Waals surface area contributed by atoms with Crippen molar-refractivity contribution in [1.82, 2.24) is 15.1 Å². The summed E-state index contributed by atoms with van der Waals surface area (Å²) in [5.74, 6) is -1.15. The summed E-state index contributed by atoms with van der Waals surface area (Å²) in [6.45, 7) is 0.514. The van der Waals surface area contributed by atoms with Gasteiger partial charge in [0, 0.05) is 26.9 Å². The van der Waals surface area contributed by atoms with Crippen molar-refractivity contribution in [2.45, 2.75) is 37.8 Å². The third kappa shape index (κ3) is 8.70. The van der Waals surface area contributed by atoms with Crippen molar-refractivity contribution in [3.63, 3.8) is 0 Å². The van der Waals surface area contributed by atoms with Gasteiger partial charge in [0.1, 0.15) is 21.7 Å². The zero-order valence-corrected chi connectivity index (χ0v) is 23.4. The SMILES string of the molecule is CN(C)C(=O)[C@H](CS(C)(=O)=O)N=C1NC(=O)SC1=CC1CCN(Cc2ccc(C(F)(F)F)cc2C(F)(F)F)CC1. The maximum absolute atomic E-state index is 13.5. The zero-order chi connectivity index (χ0) is 30.0. The fraction of sp³-hybridized carbons (Fsp3) is 0.542. The van der Waals surface area contributed by atoms with E-state index in [1.54, 1.807) is 11.0 Å². The number of amidine groups is 1. The minimum atomic E-state index is -4.95. The lowest BCUT2D eigenvalue weighted by Gasteiger charge is -2.31. The number of likely N-dealkylation sites (N-methyl/N-ethyl adjacent to an activating group) is 1. The molecule has 40 heavy (non-hydrogen) atoms. The number of nitrogens with one attached hydrogen (secondary N) is 1. The first-order valence-corrected chi connectivity index (χ1v) is 14.9. The van der Waals surface area contributed by atoms with Gasteiger partial charge in [-0.3, -0.25) is 19.5 Å². The Bertz CT molecular complexity index is 1300. The molecule has 2 fully saturated rings. The molecule has 0 aromatic heterocycles. The molecule has 1 aromatic rings. The van der Waals surface area contributed by atoms with Gasteiger partial charge in [-0.15, -0.1) is 0 Å². The molecule has 0 radical (unpaired) electrons. The Morgan fingerprint density at radius 2 is 1.80 bits per heavy atom. The van der Waals surface area contributed by atoms with E-state index in [0.717, 1.165) is 24.1 Å². The van der Waals surface area contributed by atoms with Crippen LogP contribution in [-0.2, 0) is 33.5 Å². The summed E-state index contributed by atoms with van der Waals surface area (Å²) < 4.78 is 103. The second-order valence-corrected chi connectivity index (χ2v) is 13.0. The van der Waals surface area contributed by atoms with Gasteiger partial charge in [0.15, 0.2) is 0 Å². The summed E-state index contributed by atoms with van der Waals surface area (Å²) in [4.78, 5) is 32.1. The molecule has 2 saturated heterocycles. The van der Waals surface area contributed by atoms with Crippen LogP contribution in [0.2, 0.25) is 0 Å². The lowest BCUT2D eigenvalue weighted by Crippen LogP contribution is -2.38. The average Bonchev–Trinajstić information content (AvgIpc) is 3.15. The second-order valence-electron chi connectivity index (χ2n) is 9.85. The topological polar surface area (TPSA) is 99.1 Å². The number of likely N-dealkylation sites (tertiary alicyclic amines) is 1. The molecule has 1 atom stereocenters. The Labute approximate surface area is 231 Å². The van der Waals surface area contributed by atoms with Gasteiger partial charge in [-0.05, 0) is 61.3 Å². The van der Waals surface area contributed by atoms with Crippen LogP contribution < -0.4 is 5.32 Å². The van der Waals surface area contributed by atoms with E-state index in [2.05, 4.69) is 10.3 Å². The first-order chi connectivity index (χ1) is 18.3. The minimum absolute atomic E-state index is 0.0702. The smallest absolute Gasteiger partial charge is 0.347 e. The summed E-state index contributed by atoms with van der Waals surface area (Å²) in [6, 6.07) is 0.363. The number of nitrogens with zero attached hydrogens (tertiary/aromatic N) is 3. The quantitative estimate of drug-likeness (QED) is 0.463. The Balaban J connectivity index is 1.74. The molecule has 1 N–H and O–H groups in total. The van der Waals surface area contributed by atoms with Crippen LogP contribution in [0.1, 0.15) is 29.5 Å². The highest BCUT2D eigenvalue weighted by Gasteiger charge is 2.38. The van der Waals surface area contributed by atoms with Gasteiger partial charge in [-0.25, -0.2) is 8.42 Å². The highest BCUT2D eigenvalue weighted by Crippen LogP contribution is 2.38. The molecular formula is C24H28F6N4O4S2. The summed E-state index contributed by atoms with van der Waals surface area (Å²) in [6.07, 6.45) is -6.15. The molecule has 0 unspecified atom stereocenters. The van der Waals surface area contributed by atoms with Crippen LogP contribution in [0.4, 0.5) is 31.1 Å². The molecular weight excluding hydrogens is 586 g/mol. The molecule has 0 spiro atoms. The van der Waals surface area contributed by atoms with E-state index in [4.69, 9.17) is 0 Å². The Kier molecular flexibility index (Phi) is 9.66. The van der Waals surface area contributed by atoms with Crippen LogP contribution in [0.5, 0.6) is 0 Å². The normalized spacial score (nSPS) is 20.7. The van der Waals surface area contributed by atoms with Gasteiger partial charge < -0.3 is 10.2 Å². The molecule has 0 saturated carbocycles. The van der Waals surface area contributed by atoms with E-state index in [1.807, 2.05) is 0 Å². The van der Waals surface area contributed by atoms with Crippen molar-refractivity contribution in [2.24, 2.45) is 10.9 Å². The van der Waals surface area contributed by atoms with Crippen LogP contribution in [0.3, 0.4) is 0 Å². The highest BCUT2D eigenvalue weighted by molar-refractivity contribution is 8.18. The molecule has 2 aliphatic rings. The predicted octanol–water partition coefficient (Wildman–Crippen LogP) is 4.18. The van der Waals surface area contributed by atoms with E-state index in [0.29, 0.717) is 36.9 Å². The molecule has 222 valence electrons. The van der Waals surface area contributed by atoms with Crippen molar-refractivity contribution in [3.8, 4) is 0 Å². The summed E-state index contributed by atoms with van der Waals surface area (Å²) in [5, 5.41) is 2.07. The molecule has 2 aliphatic heterocycles. The number of thioether (sulfide) groups is 1. The number of aliphatic imine (C=N–C) groups is 1. The van der Waals surface area contributed by atoms with E-state index < -0.39 is 56.3 Å². The number of hydrogen-bond acceptors (Lipinski definition) is 7. The molecule has 2 heterocycles. The van der Waals surface area contributed by atoms with Crippen molar-refractivity contribution < 1.29 is 44.3 Å². The number of sulfone groups is 1. The Morgan fingerprint density at radius 1 is 1.18 bits per heavy atom. The van der Waals surface area contributed by atoms with Gasteiger partial charge in [0.25, 0.3) is 5.24 Å². The zero-order valence-electron chi connectivity index (χ0n) is 21.8. The number of rotatable bonds is 7. The number of amides is 2. The summed E-state index contributed by atoms with van der Waals surface area (Å²) in [5.41, 5.74) is -2.94. The van der Waals surface area contributed by atoms with E-state index in [9.17, 15) is 44.3 Å². The first-order valence-electron chi connectivity index (χ1n) is 12.0. The number of carbonyl (C=O) groups is 2. The minimum Gasteiger partial charge on any atom is -0.347 e. The number of carbonyl (C=O) groups excluding carboxylic acids is 2. The van der Waals surface area contributed by atoms with Gasteiger partial charge in [-0.1, -0.05) is 12.1 Å². The number of halogens is 6. The maximum Gasteiger partial charge on any atom is 0.416 e. The van der Waals surface area contributed by atoms with Crippen LogP contribution >= 0.6 is 11.8 Å². The van der Waals surface area contributed by atoms with Crippen molar-refractivity contribution in [3.05, 3.63) is 45.9 Å². The van der Waals surface area contributed by atoms with Crippen LogP contribution in [-0.4, -0.2) is 80.4 Å². The van der Waals surface area contributed by atoms with Crippen LogP contribution in [0.15, 0.2) is 34.2 Å². The average molecular weight is 615 g/mol. The summed E-state index contributed by atoms with van der Waals surface area (Å²) >= 11 is 0.834. The number of allylic oxidation sites excluding steroid dienone is 1. The standard InChI is InChI=1S/C24H28F6N4O4S2/c1-33(2)21(35)18(13-40(3,37)38)31-20-19(39-22(36)32-20)10-14-6-8-34(9-7-14)12-15-4-5-16(23(25,26)27)11-17(15)24(28,29)30/h4-5,10-11,14,18H,6-9,12-13H2,1-3H3,(H,31,32,36)/t18-/m0/s1. The highest BCUT2D eigenvalue weighted by atomic mass is 32.2. The number of piperidine rings is 1. The van der Waals surface area contributed by atoms with E-state index in [-0.39, 0.29) is 29.9 Å². The number of alkyl halides is 6. The van der Waals surface area contributed by atoms with Gasteiger partial charge in [-0.2, -0.15) is 26.3 Å². The molecule has 8 nitrogen and oxygen atoms in total. The van der Waals surface area contributed by atoms with Crippen LogP contribution in [0, 0.1) is 5.92 Å². The second kappa shape index (κ2) is 12.1. The maximum atomic E-state index is 13.5. The molecule has 2 amide bonds. The molecule has 3 rings (SSSR count). The molecule has 16 heteroatoms. The third-order valence-electron chi connectivity index (χ3n) is 6.28. The van der Waals surface area contributed by atoms with Crippen LogP contribution in [0.25, 0.3) is 0 Å². The number of benzene rings is 1. The Morgan fingerprint density at radius 3 is 2.33 bits per heavy atom. The van der Waals surface area contributed by atoms with E-state index >= 15 is 0 Å². The lowest BCUT2D eigenvalue weighted by molar-refractivity contribution is -0.143. The fourth-order valence-electron chi connectivity index (χ4n) is 4.33. The molecule has 0 bridgehead atoms. The number of hydrogen-bond donors (Lipinski definition) is 1. The monoisotopic (exact) mass is 614 g/mol. The van der Waals surface area contributed by atoms with E-state index in [1.165, 1.54) is 19.0 Å². The predicted molar refractivity (Wildman–Crippen MR) is 138 cm³/mol. The molecule has 1 aromatic carbocycles. The van der Waals surface area contributed by atoms with Crippen molar-refractivity contribution in [1.29, 1.82) is 0 Å². The van der Waals surface area contributed by atoms with Crippen molar-refractivity contribution in [2.75, 3.05) is 39.2 Å². The van der Waals surface area contributed by atoms with Gasteiger partial charge in [0.2, 0.25) is 5.91 Å².